The predicted molar refractivity (Wildman–Crippen MR) is 133 cm³/mol. The summed E-state index contributed by atoms with van der Waals surface area (Å²) in [6.07, 6.45) is 4.84. The van der Waals surface area contributed by atoms with Gasteiger partial charge in [0.05, 0.1) is 25.3 Å². The van der Waals surface area contributed by atoms with Crippen LogP contribution in [0.3, 0.4) is 0 Å². The lowest BCUT2D eigenvalue weighted by Crippen LogP contribution is -2.33. The second kappa shape index (κ2) is 9.49. The van der Waals surface area contributed by atoms with Crippen molar-refractivity contribution in [2.45, 2.75) is 44.6 Å². The number of hydrogen-bond acceptors (Lipinski definition) is 7. The molecule has 35 heavy (non-hydrogen) atoms. The van der Waals surface area contributed by atoms with Crippen LogP contribution in [-0.4, -0.2) is 47.1 Å². The van der Waals surface area contributed by atoms with Gasteiger partial charge in [0.1, 0.15) is 11.7 Å². The van der Waals surface area contributed by atoms with E-state index in [2.05, 4.69) is 20.4 Å². The summed E-state index contributed by atoms with van der Waals surface area (Å²) in [5.41, 5.74) is 2.97. The summed E-state index contributed by atoms with van der Waals surface area (Å²) < 4.78 is 4.81. The number of carbonyl (C=O) groups excluding carboxylic acids is 1. The molecule has 0 fully saturated rings. The minimum Gasteiger partial charge on any atom is -0.354 e. The van der Waals surface area contributed by atoms with Gasteiger partial charge in [-0.25, -0.2) is 14.6 Å². The third kappa shape index (κ3) is 4.51. The summed E-state index contributed by atoms with van der Waals surface area (Å²) in [4.78, 5) is 46.7. The van der Waals surface area contributed by atoms with Crippen LogP contribution >= 0.6 is 11.8 Å². The van der Waals surface area contributed by atoms with Gasteiger partial charge in [-0.3, -0.25) is 23.5 Å². The molecule has 0 saturated heterocycles. The van der Waals surface area contributed by atoms with Crippen molar-refractivity contribution >= 4 is 28.7 Å². The number of rotatable bonds is 7. The van der Waals surface area contributed by atoms with Crippen LogP contribution < -0.4 is 16.4 Å². The minimum atomic E-state index is -0.214. The van der Waals surface area contributed by atoms with Gasteiger partial charge in [-0.2, -0.15) is 5.10 Å². The summed E-state index contributed by atoms with van der Waals surface area (Å²) in [6.45, 7) is 4.88. The molecule has 180 valence electrons. The van der Waals surface area contributed by atoms with E-state index in [9.17, 15) is 14.4 Å². The zero-order valence-electron chi connectivity index (χ0n) is 19.5. The van der Waals surface area contributed by atoms with E-state index in [-0.39, 0.29) is 29.5 Å². The molecule has 11 heteroatoms. The minimum absolute atomic E-state index is 0.0973. The summed E-state index contributed by atoms with van der Waals surface area (Å²) in [5, 5.41) is 8.28. The normalized spacial score (nSPS) is 14.9. The van der Waals surface area contributed by atoms with Crippen molar-refractivity contribution in [3.63, 3.8) is 0 Å². The molecule has 1 amide bonds. The zero-order valence-corrected chi connectivity index (χ0v) is 20.3. The molecule has 1 aliphatic rings. The van der Waals surface area contributed by atoms with Crippen molar-refractivity contribution in [3.8, 4) is 0 Å². The van der Waals surface area contributed by atoms with Crippen molar-refractivity contribution < 1.29 is 4.79 Å². The van der Waals surface area contributed by atoms with Gasteiger partial charge in [-0.15, -0.1) is 0 Å². The summed E-state index contributed by atoms with van der Waals surface area (Å²) >= 11 is 1.49. The van der Waals surface area contributed by atoms with E-state index in [0.717, 1.165) is 11.1 Å². The molecule has 1 atom stereocenters. The number of amides is 1. The van der Waals surface area contributed by atoms with Crippen molar-refractivity contribution in [2.24, 2.45) is 0 Å². The van der Waals surface area contributed by atoms with Gasteiger partial charge in [0.15, 0.2) is 10.8 Å². The standard InChI is InChI=1S/C24H25N7O3S/c1-15-5-3-4-6-17(15)12-29-14-27-21-19(23(29)34)11-28-30(21)8-7-25-20(32)9-18-13-35-24-26-10-16(2)22(33)31(18)24/h3-6,10-11,14,18H,7-9,12-13H2,1-2H3,(H,25,32). The third-order valence-corrected chi connectivity index (χ3v) is 7.30. The number of hydrogen-bond donors (Lipinski definition) is 1. The number of nitrogens with zero attached hydrogens (tertiary/aromatic N) is 6. The molecule has 0 saturated carbocycles. The Morgan fingerprint density at radius 3 is 2.77 bits per heavy atom. The van der Waals surface area contributed by atoms with Gasteiger partial charge in [0.2, 0.25) is 5.91 Å². The summed E-state index contributed by atoms with van der Waals surface area (Å²) in [5.74, 6) is 0.489. The molecule has 0 bridgehead atoms. The number of aryl methyl sites for hydroxylation is 2. The Morgan fingerprint density at radius 1 is 1.11 bits per heavy atom. The van der Waals surface area contributed by atoms with Gasteiger partial charge in [0, 0.05) is 30.5 Å². The molecule has 0 radical (unpaired) electrons. The Kier molecular flexibility index (Phi) is 6.25. The fourth-order valence-corrected chi connectivity index (χ4v) is 5.31. The van der Waals surface area contributed by atoms with E-state index in [0.29, 0.717) is 47.1 Å². The molecule has 10 nitrogen and oxygen atoms in total. The third-order valence-electron chi connectivity index (χ3n) is 6.19. The molecular weight excluding hydrogens is 466 g/mol. The van der Waals surface area contributed by atoms with E-state index in [1.165, 1.54) is 24.3 Å². The smallest absolute Gasteiger partial charge is 0.264 e. The quantitative estimate of drug-likeness (QED) is 0.391. The lowest BCUT2D eigenvalue weighted by molar-refractivity contribution is -0.121. The molecule has 1 unspecified atom stereocenters. The van der Waals surface area contributed by atoms with Crippen LogP contribution in [0.25, 0.3) is 11.0 Å². The molecule has 3 aromatic heterocycles. The fraction of sp³-hybridized carbons (Fsp3) is 0.333. The Labute approximate surface area is 205 Å². The second-order valence-corrected chi connectivity index (χ2v) is 9.61. The number of fused-ring (bicyclic) bond motifs is 2. The molecule has 1 aromatic carbocycles. The van der Waals surface area contributed by atoms with E-state index < -0.39 is 0 Å². The predicted octanol–water partition coefficient (Wildman–Crippen LogP) is 1.67. The topological polar surface area (TPSA) is 117 Å². The highest BCUT2D eigenvalue weighted by Gasteiger charge is 2.27. The van der Waals surface area contributed by atoms with E-state index >= 15 is 0 Å². The number of benzene rings is 1. The van der Waals surface area contributed by atoms with Crippen LogP contribution in [0.5, 0.6) is 0 Å². The van der Waals surface area contributed by atoms with Crippen LogP contribution in [0.1, 0.15) is 29.2 Å². The number of carbonyl (C=O) groups is 1. The van der Waals surface area contributed by atoms with Crippen molar-refractivity contribution in [1.29, 1.82) is 0 Å². The van der Waals surface area contributed by atoms with E-state index in [1.807, 2.05) is 31.2 Å². The van der Waals surface area contributed by atoms with Gasteiger partial charge < -0.3 is 5.32 Å². The van der Waals surface area contributed by atoms with E-state index in [4.69, 9.17) is 0 Å². The van der Waals surface area contributed by atoms with Crippen LogP contribution in [0.15, 0.2) is 57.7 Å². The van der Waals surface area contributed by atoms with Gasteiger partial charge >= 0.3 is 0 Å². The SMILES string of the molecule is Cc1ccccc1Cn1cnc2c(cnn2CCNC(=O)CC2CSc3ncc(C)c(=O)n32)c1=O. The van der Waals surface area contributed by atoms with Crippen LogP contribution in [-0.2, 0) is 17.9 Å². The van der Waals surface area contributed by atoms with Gasteiger partial charge in [0.25, 0.3) is 11.1 Å². The molecule has 1 N–H and O–H groups in total. The highest BCUT2D eigenvalue weighted by Crippen LogP contribution is 2.31. The van der Waals surface area contributed by atoms with Gasteiger partial charge in [-0.1, -0.05) is 36.0 Å². The molecule has 0 aliphatic carbocycles. The first-order valence-electron chi connectivity index (χ1n) is 11.4. The first-order valence-corrected chi connectivity index (χ1v) is 12.3. The maximum absolute atomic E-state index is 12.9. The van der Waals surface area contributed by atoms with Crippen LogP contribution in [0, 0.1) is 13.8 Å². The zero-order chi connectivity index (χ0) is 24.5. The molecule has 4 aromatic rings. The number of thioether (sulfide) groups is 1. The second-order valence-electron chi connectivity index (χ2n) is 8.63. The first kappa shape index (κ1) is 23.0. The molecule has 4 heterocycles. The number of aromatic nitrogens is 6. The Balaban J connectivity index is 1.22. The molecule has 1 aliphatic heterocycles. The highest BCUT2D eigenvalue weighted by molar-refractivity contribution is 7.99. The largest absolute Gasteiger partial charge is 0.354 e. The average Bonchev–Trinajstić information content (AvgIpc) is 3.44. The number of nitrogens with one attached hydrogen (secondary N) is 1. The van der Waals surface area contributed by atoms with Crippen molar-refractivity contribution in [3.05, 3.63) is 80.4 Å². The van der Waals surface area contributed by atoms with Crippen molar-refractivity contribution in [2.75, 3.05) is 12.3 Å². The molecule has 0 spiro atoms. The monoisotopic (exact) mass is 491 g/mol. The lowest BCUT2D eigenvalue weighted by Gasteiger charge is -2.13. The Bertz CT molecular complexity index is 1540. The molecular formula is C24H25N7O3S. The highest BCUT2D eigenvalue weighted by atomic mass is 32.2. The maximum atomic E-state index is 12.9. The lowest BCUT2D eigenvalue weighted by atomic mass is 10.1. The van der Waals surface area contributed by atoms with Crippen LogP contribution in [0.4, 0.5) is 0 Å². The summed E-state index contributed by atoms with van der Waals surface area (Å²) in [6, 6.07) is 7.71. The van der Waals surface area contributed by atoms with Gasteiger partial charge in [-0.05, 0) is 25.0 Å². The fourth-order valence-electron chi connectivity index (χ4n) is 4.20. The van der Waals surface area contributed by atoms with Crippen LogP contribution in [0.2, 0.25) is 0 Å². The summed E-state index contributed by atoms with van der Waals surface area (Å²) in [7, 11) is 0. The maximum Gasteiger partial charge on any atom is 0.264 e. The molecule has 5 rings (SSSR count). The Hall–Kier alpha value is -3.73. The van der Waals surface area contributed by atoms with Crippen molar-refractivity contribution in [1.82, 2.24) is 34.2 Å². The first-order chi connectivity index (χ1) is 16.9. The van der Waals surface area contributed by atoms with E-state index in [1.54, 1.807) is 26.9 Å². The Morgan fingerprint density at radius 2 is 1.94 bits per heavy atom. The average molecular weight is 492 g/mol.